The maximum Gasteiger partial charge on any atom is 0.238 e. The monoisotopic (exact) mass is 291 g/mol. The second kappa shape index (κ2) is 9.13. The molecular weight excluding hydrogens is 266 g/mol. The Balaban J connectivity index is 2.52. The van der Waals surface area contributed by atoms with Gasteiger partial charge in [0.15, 0.2) is 0 Å². The van der Waals surface area contributed by atoms with Gasteiger partial charge in [0.1, 0.15) is 0 Å². The van der Waals surface area contributed by atoms with Gasteiger partial charge in [-0.15, -0.1) is 0 Å². The SMILES string of the molecule is CCCCCC(=O)Nc1cccc(NC(=O)CN(C)C)c1. The van der Waals surface area contributed by atoms with Crippen LogP contribution in [0.15, 0.2) is 24.3 Å². The van der Waals surface area contributed by atoms with E-state index in [4.69, 9.17) is 0 Å². The highest BCUT2D eigenvalue weighted by Crippen LogP contribution is 2.15. The van der Waals surface area contributed by atoms with Crippen LogP contribution >= 0.6 is 0 Å². The molecule has 0 spiro atoms. The number of carbonyl (C=O) groups excluding carboxylic acids is 2. The summed E-state index contributed by atoms with van der Waals surface area (Å²) >= 11 is 0. The molecule has 5 heteroatoms. The molecule has 2 N–H and O–H groups in total. The molecule has 1 aromatic carbocycles. The Kier molecular flexibility index (Phi) is 7.46. The van der Waals surface area contributed by atoms with Gasteiger partial charge in [0.25, 0.3) is 0 Å². The second-order valence-corrected chi connectivity index (χ2v) is 5.37. The van der Waals surface area contributed by atoms with Crippen molar-refractivity contribution in [2.24, 2.45) is 0 Å². The molecule has 0 aliphatic heterocycles. The molecule has 5 nitrogen and oxygen atoms in total. The van der Waals surface area contributed by atoms with E-state index in [0.717, 1.165) is 19.3 Å². The molecule has 1 rings (SSSR count). The van der Waals surface area contributed by atoms with Crippen LogP contribution in [0.3, 0.4) is 0 Å². The lowest BCUT2D eigenvalue weighted by atomic mass is 10.2. The lowest BCUT2D eigenvalue weighted by Gasteiger charge is -2.11. The Morgan fingerprint density at radius 2 is 1.67 bits per heavy atom. The minimum atomic E-state index is -0.0774. The summed E-state index contributed by atoms with van der Waals surface area (Å²) in [5, 5.41) is 5.66. The Bertz CT molecular complexity index is 472. The zero-order chi connectivity index (χ0) is 15.7. The van der Waals surface area contributed by atoms with Crippen molar-refractivity contribution in [3.8, 4) is 0 Å². The molecule has 0 unspecified atom stereocenters. The van der Waals surface area contributed by atoms with E-state index in [1.807, 2.05) is 26.2 Å². The minimum Gasteiger partial charge on any atom is -0.326 e. The van der Waals surface area contributed by atoms with E-state index in [0.29, 0.717) is 24.3 Å². The van der Waals surface area contributed by atoms with Crippen molar-refractivity contribution in [3.63, 3.8) is 0 Å². The molecule has 0 fully saturated rings. The minimum absolute atomic E-state index is 0.0141. The third-order valence-corrected chi connectivity index (χ3v) is 2.90. The van der Waals surface area contributed by atoms with E-state index >= 15 is 0 Å². The summed E-state index contributed by atoms with van der Waals surface area (Å²) in [6, 6.07) is 7.21. The number of carbonyl (C=O) groups is 2. The number of rotatable bonds is 8. The van der Waals surface area contributed by atoms with Crippen LogP contribution in [0.25, 0.3) is 0 Å². The molecule has 2 amide bonds. The van der Waals surface area contributed by atoms with Gasteiger partial charge in [0.05, 0.1) is 6.54 Å². The van der Waals surface area contributed by atoms with Gasteiger partial charge in [-0.1, -0.05) is 25.8 Å². The molecule has 0 radical (unpaired) electrons. The van der Waals surface area contributed by atoms with E-state index in [-0.39, 0.29) is 11.8 Å². The molecule has 0 saturated heterocycles. The third kappa shape index (κ3) is 7.46. The number of hydrogen-bond acceptors (Lipinski definition) is 3. The highest BCUT2D eigenvalue weighted by molar-refractivity contribution is 5.94. The molecule has 21 heavy (non-hydrogen) atoms. The molecular formula is C16H25N3O2. The Labute approximate surface area is 126 Å². The lowest BCUT2D eigenvalue weighted by molar-refractivity contribution is -0.117. The van der Waals surface area contributed by atoms with E-state index in [1.165, 1.54) is 0 Å². The topological polar surface area (TPSA) is 61.4 Å². The van der Waals surface area contributed by atoms with Gasteiger partial charge in [0.2, 0.25) is 11.8 Å². The van der Waals surface area contributed by atoms with Crippen molar-refractivity contribution >= 4 is 23.2 Å². The predicted octanol–water partition coefficient (Wildman–Crippen LogP) is 2.71. The number of amides is 2. The fraction of sp³-hybridized carbons (Fsp3) is 0.500. The largest absolute Gasteiger partial charge is 0.326 e. The average molecular weight is 291 g/mol. The molecule has 0 bridgehead atoms. The van der Waals surface area contributed by atoms with Gasteiger partial charge < -0.3 is 15.5 Å². The normalized spacial score (nSPS) is 10.5. The second-order valence-electron chi connectivity index (χ2n) is 5.37. The predicted molar refractivity (Wildman–Crippen MR) is 86.4 cm³/mol. The molecule has 1 aromatic rings. The van der Waals surface area contributed by atoms with Gasteiger partial charge in [-0.3, -0.25) is 9.59 Å². The van der Waals surface area contributed by atoms with Gasteiger partial charge in [-0.05, 0) is 38.7 Å². The first-order valence-corrected chi connectivity index (χ1v) is 7.35. The maximum atomic E-state index is 11.8. The van der Waals surface area contributed by atoms with E-state index in [9.17, 15) is 9.59 Å². The number of hydrogen-bond donors (Lipinski definition) is 2. The summed E-state index contributed by atoms with van der Waals surface area (Å²) in [7, 11) is 3.68. The van der Waals surface area contributed by atoms with Crippen LogP contribution in [0.5, 0.6) is 0 Å². The van der Waals surface area contributed by atoms with Crippen molar-refractivity contribution in [2.75, 3.05) is 31.3 Å². The van der Waals surface area contributed by atoms with Gasteiger partial charge in [-0.25, -0.2) is 0 Å². The summed E-state index contributed by atoms with van der Waals surface area (Å²) in [6.07, 6.45) is 3.60. The average Bonchev–Trinajstić information content (AvgIpc) is 2.38. The summed E-state index contributed by atoms with van der Waals surface area (Å²) in [5.41, 5.74) is 1.40. The zero-order valence-corrected chi connectivity index (χ0v) is 13.1. The van der Waals surface area contributed by atoms with Crippen molar-refractivity contribution < 1.29 is 9.59 Å². The van der Waals surface area contributed by atoms with Gasteiger partial charge in [0, 0.05) is 17.8 Å². The van der Waals surface area contributed by atoms with Crippen LogP contribution < -0.4 is 10.6 Å². The summed E-state index contributed by atoms with van der Waals surface area (Å²) in [5.74, 6) is -0.0633. The van der Waals surface area contributed by atoms with Crippen molar-refractivity contribution in [3.05, 3.63) is 24.3 Å². The fourth-order valence-corrected chi connectivity index (χ4v) is 1.92. The van der Waals surface area contributed by atoms with Crippen LogP contribution in [0.2, 0.25) is 0 Å². The molecule has 0 heterocycles. The van der Waals surface area contributed by atoms with Crippen LogP contribution in [0.4, 0.5) is 11.4 Å². The summed E-state index contributed by atoms with van der Waals surface area (Å²) in [6.45, 7) is 2.44. The molecule has 0 atom stereocenters. The van der Waals surface area contributed by atoms with Crippen LogP contribution in [0.1, 0.15) is 32.6 Å². The van der Waals surface area contributed by atoms with Crippen LogP contribution in [-0.2, 0) is 9.59 Å². The summed E-state index contributed by atoms with van der Waals surface area (Å²) in [4.78, 5) is 25.3. The first-order valence-electron chi connectivity index (χ1n) is 7.35. The van der Waals surface area contributed by atoms with Crippen molar-refractivity contribution in [1.82, 2.24) is 4.90 Å². The first-order chi connectivity index (χ1) is 10.0. The van der Waals surface area contributed by atoms with E-state index in [1.54, 1.807) is 17.0 Å². The van der Waals surface area contributed by atoms with Gasteiger partial charge in [-0.2, -0.15) is 0 Å². The summed E-state index contributed by atoms with van der Waals surface area (Å²) < 4.78 is 0. The Morgan fingerprint density at radius 3 is 2.24 bits per heavy atom. The number of anilines is 2. The number of unbranched alkanes of at least 4 members (excludes halogenated alkanes) is 2. The van der Waals surface area contributed by atoms with Crippen LogP contribution in [-0.4, -0.2) is 37.4 Å². The number of nitrogens with zero attached hydrogens (tertiary/aromatic N) is 1. The standard InChI is InChI=1S/C16H25N3O2/c1-4-5-6-10-15(20)17-13-8-7-9-14(11-13)18-16(21)12-19(2)3/h7-9,11H,4-6,10,12H2,1-3H3,(H,17,20)(H,18,21). The molecule has 116 valence electrons. The Hall–Kier alpha value is -1.88. The maximum absolute atomic E-state index is 11.8. The number of nitrogens with one attached hydrogen (secondary N) is 2. The Morgan fingerprint density at radius 1 is 1.05 bits per heavy atom. The third-order valence-electron chi connectivity index (χ3n) is 2.90. The number of likely N-dealkylation sites (N-methyl/N-ethyl adjacent to an activating group) is 1. The molecule has 0 aromatic heterocycles. The lowest BCUT2D eigenvalue weighted by Crippen LogP contribution is -2.27. The molecule has 0 saturated carbocycles. The molecule has 0 aliphatic rings. The first kappa shape index (κ1) is 17.2. The van der Waals surface area contributed by atoms with E-state index < -0.39 is 0 Å². The zero-order valence-electron chi connectivity index (χ0n) is 13.1. The highest BCUT2D eigenvalue weighted by atomic mass is 16.2. The smallest absolute Gasteiger partial charge is 0.238 e. The van der Waals surface area contributed by atoms with Gasteiger partial charge >= 0.3 is 0 Å². The fourth-order valence-electron chi connectivity index (χ4n) is 1.92. The van der Waals surface area contributed by atoms with Crippen molar-refractivity contribution in [2.45, 2.75) is 32.6 Å². The molecule has 0 aliphatic carbocycles. The van der Waals surface area contributed by atoms with E-state index in [2.05, 4.69) is 17.6 Å². The van der Waals surface area contributed by atoms with Crippen molar-refractivity contribution in [1.29, 1.82) is 0 Å². The highest BCUT2D eigenvalue weighted by Gasteiger charge is 2.06. The quantitative estimate of drug-likeness (QED) is 0.724. The van der Waals surface area contributed by atoms with Crippen LogP contribution in [0, 0.1) is 0 Å². The number of benzene rings is 1.